The summed E-state index contributed by atoms with van der Waals surface area (Å²) in [6.45, 7) is 3.73. The van der Waals surface area contributed by atoms with Crippen LogP contribution in [0.5, 0.6) is 0 Å². The van der Waals surface area contributed by atoms with E-state index in [0.29, 0.717) is 48.7 Å². The van der Waals surface area contributed by atoms with Crippen molar-refractivity contribution in [3.63, 3.8) is 0 Å². The number of piperazine rings is 1. The summed E-state index contributed by atoms with van der Waals surface area (Å²) in [7, 11) is 0. The number of halogens is 1. The molecule has 0 aliphatic carbocycles. The van der Waals surface area contributed by atoms with Gasteiger partial charge in [-0.3, -0.25) is 34.4 Å². The largest absolute Gasteiger partial charge is 0.336 e. The number of piperidine rings is 1. The SMILES string of the molecule is O=C1CCC(N2Cc3cc(CN4CCN(C(=O)c5ccncc5-c5ccc(Cl)cc5)CC4)ccc3C2=O)C(=O)N1. The van der Waals surface area contributed by atoms with Gasteiger partial charge in [-0.1, -0.05) is 35.9 Å². The Morgan fingerprint density at radius 1 is 0.975 bits per heavy atom. The molecular formula is C30H28ClN5O4. The summed E-state index contributed by atoms with van der Waals surface area (Å²) in [5.41, 5.74) is 4.88. The highest BCUT2D eigenvalue weighted by Gasteiger charge is 2.39. The van der Waals surface area contributed by atoms with Gasteiger partial charge in [0.05, 0.1) is 5.56 Å². The van der Waals surface area contributed by atoms with Crippen molar-refractivity contribution in [2.24, 2.45) is 0 Å². The Hall–Kier alpha value is -4.08. The van der Waals surface area contributed by atoms with Gasteiger partial charge in [0.2, 0.25) is 11.8 Å². The molecule has 9 nitrogen and oxygen atoms in total. The van der Waals surface area contributed by atoms with E-state index in [0.717, 1.165) is 35.3 Å². The number of carbonyl (C=O) groups is 4. The van der Waals surface area contributed by atoms with Crippen LogP contribution in [0.3, 0.4) is 0 Å². The van der Waals surface area contributed by atoms with Gasteiger partial charge in [-0.15, -0.1) is 0 Å². The normalized spacial score (nSPS) is 19.5. The predicted molar refractivity (Wildman–Crippen MR) is 148 cm³/mol. The fourth-order valence-electron chi connectivity index (χ4n) is 5.70. The van der Waals surface area contributed by atoms with Crippen molar-refractivity contribution in [1.29, 1.82) is 0 Å². The molecule has 0 saturated carbocycles. The minimum atomic E-state index is -0.618. The van der Waals surface area contributed by atoms with Gasteiger partial charge in [-0.25, -0.2) is 0 Å². The molecule has 3 aliphatic heterocycles. The van der Waals surface area contributed by atoms with Crippen molar-refractivity contribution < 1.29 is 19.2 Å². The summed E-state index contributed by atoms with van der Waals surface area (Å²) in [5.74, 6) is -0.886. The van der Waals surface area contributed by atoms with Crippen molar-refractivity contribution >= 4 is 35.2 Å². The summed E-state index contributed by atoms with van der Waals surface area (Å²) < 4.78 is 0. The topological polar surface area (TPSA) is 103 Å². The van der Waals surface area contributed by atoms with Crippen LogP contribution in [0.2, 0.25) is 5.02 Å². The van der Waals surface area contributed by atoms with E-state index in [1.165, 1.54) is 0 Å². The van der Waals surface area contributed by atoms with Gasteiger partial charge >= 0.3 is 0 Å². The minimum Gasteiger partial charge on any atom is -0.336 e. The molecule has 204 valence electrons. The summed E-state index contributed by atoms with van der Waals surface area (Å²) in [4.78, 5) is 60.2. The maximum atomic E-state index is 13.5. The van der Waals surface area contributed by atoms with Crippen LogP contribution in [-0.4, -0.2) is 75.5 Å². The number of hydrogen-bond acceptors (Lipinski definition) is 6. The van der Waals surface area contributed by atoms with E-state index in [4.69, 9.17) is 11.6 Å². The third-order valence-corrected chi connectivity index (χ3v) is 8.11. The Morgan fingerprint density at radius 2 is 1.75 bits per heavy atom. The van der Waals surface area contributed by atoms with Crippen LogP contribution >= 0.6 is 11.6 Å². The molecule has 3 aromatic rings. The maximum Gasteiger partial charge on any atom is 0.255 e. The monoisotopic (exact) mass is 557 g/mol. The average Bonchev–Trinajstić information content (AvgIpc) is 3.28. The number of fused-ring (bicyclic) bond motifs is 1. The third kappa shape index (κ3) is 5.10. The zero-order valence-electron chi connectivity index (χ0n) is 21.8. The first kappa shape index (κ1) is 26.2. The van der Waals surface area contributed by atoms with E-state index >= 15 is 0 Å². The third-order valence-electron chi connectivity index (χ3n) is 7.86. The first-order valence-electron chi connectivity index (χ1n) is 13.4. The van der Waals surface area contributed by atoms with E-state index < -0.39 is 11.9 Å². The van der Waals surface area contributed by atoms with E-state index in [1.54, 1.807) is 35.5 Å². The Morgan fingerprint density at radius 3 is 2.50 bits per heavy atom. The fourth-order valence-corrected chi connectivity index (χ4v) is 5.83. The molecule has 1 aromatic heterocycles. The van der Waals surface area contributed by atoms with Crippen molar-refractivity contribution in [1.82, 2.24) is 25.0 Å². The molecule has 6 rings (SSSR count). The summed E-state index contributed by atoms with van der Waals surface area (Å²) in [6.07, 6.45) is 3.94. The molecule has 4 heterocycles. The molecule has 4 amide bonds. The lowest BCUT2D eigenvalue weighted by Crippen LogP contribution is -2.52. The smallest absolute Gasteiger partial charge is 0.255 e. The molecule has 1 atom stereocenters. The second-order valence-electron chi connectivity index (χ2n) is 10.4. The van der Waals surface area contributed by atoms with Gasteiger partial charge in [0.15, 0.2) is 0 Å². The fraction of sp³-hybridized carbons (Fsp3) is 0.300. The molecule has 1 N–H and O–H groups in total. The van der Waals surface area contributed by atoms with Crippen LogP contribution < -0.4 is 5.32 Å². The number of imide groups is 1. The molecule has 1 unspecified atom stereocenters. The first-order chi connectivity index (χ1) is 19.4. The van der Waals surface area contributed by atoms with Crippen molar-refractivity contribution in [2.45, 2.75) is 32.0 Å². The van der Waals surface area contributed by atoms with Crippen molar-refractivity contribution in [3.05, 3.63) is 88.2 Å². The second-order valence-corrected chi connectivity index (χ2v) is 10.8. The number of benzene rings is 2. The predicted octanol–water partition coefficient (Wildman–Crippen LogP) is 3.12. The summed E-state index contributed by atoms with van der Waals surface area (Å²) >= 11 is 6.04. The van der Waals surface area contributed by atoms with Gasteiger partial charge in [-0.2, -0.15) is 0 Å². The molecule has 3 aliphatic rings. The standard InChI is InChI=1S/C30H28ClN5O4/c31-22-4-2-20(3-5-22)25-16-32-10-9-24(25)29(39)35-13-11-34(12-14-35)17-19-1-6-23-21(15-19)18-36(30(23)40)26-7-8-27(37)33-28(26)38/h1-6,9-10,15-16,26H,7-8,11-14,17-18H2,(H,33,37,38). The second kappa shape index (κ2) is 10.8. The zero-order valence-corrected chi connectivity index (χ0v) is 22.6. The highest BCUT2D eigenvalue weighted by molar-refractivity contribution is 6.30. The first-order valence-corrected chi connectivity index (χ1v) is 13.7. The van der Waals surface area contributed by atoms with Gasteiger partial charge < -0.3 is 9.80 Å². The van der Waals surface area contributed by atoms with Gasteiger partial charge in [0, 0.05) is 74.2 Å². The number of hydrogen-bond donors (Lipinski definition) is 1. The van der Waals surface area contributed by atoms with Crippen LogP contribution in [0.4, 0.5) is 0 Å². The van der Waals surface area contributed by atoms with Crippen LogP contribution in [0.25, 0.3) is 11.1 Å². The molecule has 2 aromatic carbocycles. The highest BCUT2D eigenvalue weighted by Crippen LogP contribution is 2.29. The minimum absolute atomic E-state index is 0.0171. The van der Waals surface area contributed by atoms with E-state index in [-0.39, 0.29) is 24.1 Å². The molecule has 10 heteroatoms. The zero-order chi connectivity index (χ0) is 27.8. The molecule has 2 saturated heterocycles. The molecule has 40 heavy (non-hydrogen) atoms. The maximum absolute atomic E-state index is 13.5. The lowest BCUT2D eigenvalue weighted by molar-refractivity contribution is -0.136. The van der Waals surface area contributed by atoms with Crippen LogP contribution in [0.1, 0.15) is 44.7 Å². The Kier molecular flexibility index (Phi) is 7.08. The molecule has 0 spiro atoms. The van der Waals surface area contributed by atoms with Gasteiger partial charge in [0.25, 0.3) is 11.8 Å². The lowest BCUT2D eigenvalue weighted by atomic mass is 10.0. The quantitative estimate of drug-likeness (QED) is 0.484. The molecule has 0 radical (unpaired) electrons. The number of carbonyl (C=O) groups excluding carboxylic acids is 4. The number of amides is 4. The lowest BCUT2D eigenvalue weighted by Gasteiger charge is -2.35. The number of nitrogens with zero attached hydrogens (tertiary/aromatic N) is 4. The van der Waals surface area contributed by atoms with Crippen molar-refractivity contribution in [3.8, 4) is 11.1 Å². The van der Waals surface area contributed by atoms with E-state index in [2.05, 4.69) is 15.2 Å². The Balaban J connectivity index is 1.08. The molecular weight excluding hydrogens is 530 g/mol. The number of nitrogens with one attached hydrogen (secondary N) is 1. The summed E-state index contributed by atoms with van der Waals surface area (Å²) in [6, 6.07) is 14.4. The van der Waals surface area contributed by atoms with Gasteiger partial charge in [0.1, 0.15) is 6.04 Å². The number of rotatable bonds is 5. The Labute approximate surface area is 236 Å². The van der Waals surface area contributed by atoms with Gasteiger partial charge in [-0.05, 0) is 47.4 Å². The Bertz CT molecular complexity index is 1500. The van der Waals surface area contributed by atoms with Crippen LogP contribution in [-0.2, 0) is 22.7 Å². The average molecular weight is 558 g/mol. The molecule has 0 bridgehead atoms. The number of aromatic nitrogens is 1. The number of pyridine rings is 1. The van der Waals surface area contributed by atoms with E-state index in [9.17, 15) is 19.2 Å². The van der Waals surface area contributed by atoms with Crippen molar-refractivity contribution in [2.75, 3.05) is 26.2 Å². The van der Waals surface area contributed by atoms with Crippen LogP contribution in [0, 0.1) is 0 Å². The van der Waals surface area contributed by atoms with Crippen LogP contribution in [0.15, 0.2) is 60.9 Å². The molecule has 2 fully saturated rings. The highest BCUT2D eigenvalue weighted by atomic mass is 35.5. The summed E-state index contributed by atoms with van der Waals surface area (Å²) in [5, 5.41) is 2.98. The van der Waals surface area contributed by atoms with E-state index in [1.807, 2.05) is 35.2 Å².